The molecule has 0 aliphatic carbocycles. The quantitative estimate of drug-likeness (QED) is 0.630. The first-order chi connectivity index (χ1) is 8.09. The molecule has 0 bridgehead atoms. The maximum Gasteiger partial charge on any atom is 0.193 e. The Labute approximate surface area is 101 Å². The van der Waals surface area contributed by atoms with E-state index in [1.54, 1.807) is 0 Å². The van der Waals surface area contributed by atoms with Gasteiger partial charge in [0.15, 0.2) is 5.78 Å². The van der Waals surface area contributed by atoms with E-state index in [2.05, 4.69) is 0 Å². The van der Waals surface area contributed by atoms with Crippen molar-refractivity contribution >= 4 is 11.5 Å². The maximum absolute atomic E-state index is 12.3. The molecule has 0 saturated heterocycles. The van der Waals surface area contributed by atoms with Crippen LogP contribution in [0.1, 0.15) is 27.0 Å². The number of rotatable bonds is 2. The largest absolute Gasteiger partial charge is 0.398 e. The van der Waals surface area contributed by atoms with Gasteiger partial charge in [0.25, 0.3) is 0 Å². The van der Waals surface area contributed by atoms with Crippen molar-refractivity contribution in [3.63, 3.8) is 0 Å². The Morgan fingerprint density at radius 3 is 2.35 bits per heavy atom. The summed E-state index contributed by atoms with van der Waals surface area (Å²) in [6.45, 7) is 3.82. The van der Waals surface area contributed by atoms with E-state index in [0.29, 0.717) is 16.8 Å². The van der Waals surface area contributed by atoms with Crippen molar-refractivity contribution in [1.29, 1.82) is 0 Å². The van der Waals surface area contributed by atoms with Crippen LogP contribution in [-0.4, -0.2) is 5.78 Å². The van der Waals surface area contributed by atoms with E-state index in [-0.39, 0.29) is 5.78 Å². The summed E-state index contributed by atoms with van der Waals surface area (Å²) in [6.07, 6.45) is 0. The number of carbonyl (C=O) groups is 1. The van der Waals surface area contributed by atoms with Gasteiger partial charge in [0.2, 0.25) is 0 Å². The van der Waals surface area contributed by atoms with E-state index in [4.69, 9.17) is 5.73 Å². The van der Waals surface area contributed by atoms with E-state index >= 15 is 0 Å². The lowest BCUT2D eigenvalue weighted by Crippen LogP contribution is -2.06. The number of anilines is 1. The third-order valence-electron chi connectivity index (χ3n) is 2.87. The molecule has 0 aromatic heterocycles. The Kier molecular flexibility index (Phi) is 2.96. The third kappa shape index (κ3) is 2.21. The molecule has 0 unspecified atom stereocenters. The summed E-state index contributed by atoms with van der Waals surface area (Å²) in [5, 5.41) is 0. The fourth-order valence-electron chi connectivity index (χ4n) is 1.87. The Morgan fingerprint density at radius 2 is 1.71 bits per heavy atom. The number of nitrogens with two attached hydrogens (primary N) is 1. The SMILES string of the molecule is Cc1cc(N)c(C)c(C(=O)c2ccccc2)c1. The van der Waals surface area contributed by atoms with Gasteiger partial charge in [0, 0.05) is 16.8 Å². The van der Waals surface area contributed by atoms with Gasteiger partial charge >= 0.3 is 0 Å². The third-order valence-corrected chi connectivity index (χ3v) is 2.87. The highest BCUT2D eigenvalue weighted by molar-refractivity contribution is 6.10. The molecular formula is C15H15NO. The molecule has 17 heavy (non-hydrogen) atoms. The van der Waals surface area contributed by atoms with Crippen molar-refractivity contribution in [3.8, 4) is 0 Å². The molecule has 2 N–H and O–H groups in total. The molecular weight excluding hydrogens is 210 g/mol. The van der Waals surface area contributed by atoms with Crippen molar-refractivity contribution in [2.75, 3.05) is 5.73 Å². The summed E-state index contributed by atoms with van der Waals surface area (Å²) in [5.74, 6) is 0.0264. The Morgan fingerprint density at radius 1 is 1.06 bits per heavy atom. The van der Waals surface area contributed by atoms with E-state index in [9.17, 15) is 4.79 Å². The molecule has 0 aliphatic rings. The van der Waals surface area contributed by atoms with Crippen LogP contribution in [0.25, 0.3) is 0 Å². The lowest BCUT2D eigenvalue weighted by atomic mass is 9.96. The summed E-state index contributed by atoms with van der Waals surface area (Å²) in [5.41, 5.74) is 9.80. The highest BCUT2D eigenvalue weighted by Crippen LogP contribution is 2.21. The van der Waals surface area contributed by atoms with Gasteiger partial charge in [-0.25, -0.2) is 0 Å². The lowest BCUT2D eigenvalue weighted by molar-refractivity contribution is 0.103. The van der Waals surface area contributed by atoms with Gasteiger partial charge in [-0.3, -0.25) is 4.79 Å². The predicted octanol–water partition coefficient (Wildman–Crippen LogP) is 3.12. The maximum atomic E-state index is 12.3. The van der Waals surface area contributed by atoms with Crippen LogP contribution in [-0.2, 0) is 0 Å². The molecule has 0 saturated carbocycles. The van der Waals surface area contributed by atoms with Crippen LogP contribution in [0.4, 0.5) is 5.69 Å². The number of aryl methyl sites for hydroxylation is 1. The molecule has 0 spiro atoms. The normalized spacial score (nSPS) is 10.2. The first-order valence-electron chi connectivity index (χ1n) is 5.56. The monoisotopic (exact) mass is 225 g/mol. The van der Waals surface area contributed by atoms with Crippen LogP contribution < -0.4 is 5.73 Å². The molecule has 2 aromatic rings. The topological polar surface area (TPSA) is 43.1 Å². The van der Waals surface area contributed by atoms with Crippen LogP contribution >= 0.6 is 0 Å². The highest BCUT2D eigenvalue weighted by Gasteiger charge is 2.13. The van der Waals surface area contributed by atoms with E-state index in [1.807, 2.05) is 56.3 Å². The zero-order valence-corrected chi connectivity index (χ0v) is 10.0. The standard InChI is InChI=1S/C15H15NO/c1-10-8-13(11(2)14(16)9-10)15(17)12-6-4-3-5-7-12/h3-9H,16H2,1-2H3. The molecule has 2 nitrogen and oxygen atoms in total. The van der Waals surface area contributed by atoms with Gasteiger partial charge < -0.3 is 5.73 Å². The van der Waals surface area contributed by atoms with Crippen molar-refractivity contribution in [2.45, 2.75) is 13.8 Å². The average molecular weight is 225 g/mol. The minimum atomic E-state index is 0.0264. The van der Waals surface area contributed by atoms with Gasteiger partial charge in [0.05, 0.1) is 0 Å². The lowest BCUT2D eigenvalue weighted by Gasteiger charge is -2.09. The van der Waals surface area contributed by atoms with Crippen molar-refractivity contribution in [2.24, 2.45) is 0 Å². The molecule has 0 radical (unpaired) electrons. The van der Waals surface area contributed by atoms with Gasteiger partial charge in [-0.15, -0.1) is 0 Å². The highest BCUT2D eigenvalue weighted by atomic mass is 16.1. The fraction of sp³-hybridized carbons (Fsp3) is 0.133. The minimum absolute atomic E-state index is 0.0264. The number of nitrogen functional groups attached to an aromatic ring is 1. The molecule has 0 atom stereocenters. The number of benzene rings is 2. The number of hydrogen-bond donors (Lipinski definition) is 1. The molecule has 0 amide bonds. The molecule has 2 aromatic carbocycles. The minimum Gasteiger partial charge on any atom is -0.398 e. The fourth-order valence-corrected chi connectivity index (χ4v) is 1.87. The van der Waals surface area contributed by atoms with Crippen LogP contribution in [0.3, 0.4) is 0 Å². The summed E-state index contributed by atoms with van der Waals surface area (Å²) >= 11 is 0. The van der Waals surface area contributed by atoms with Gasteiger partial charge in [-0.05, 0) is 37.1 Å². The molecule has 2 heteroatoms. The Hall–Kier alpha value is -2.09. The molecule has 0 fully saturated rings. The average Bonchev–Trinajstić information content (AvgIpc) is 2.34. The van der Waals surface area contributed by atoms with E-state index in [0.717, 1.165) is 11.1 Å². The summed E-state index contributed by atoms with van der Waals surface area (Å²) in [4.78, 5) is 12.3. The Bertz CT molecular complexity index is 559. The number of carbonyl (C=O) groups excluding carboxylic acids is 1. The summed E-state index contributed by atoms with van der Waals surface area (Å²) < 4.78 is 0. The molecule has 0 heterocycles. The summed E-state index contributed by atoms with van der Waals surface area (Å²) in [6, 6.07) is 13.0. The van der Waals surface area contributed by atoms with Crippen LogP contribution in [0.5, 0.6) is 0 Å². The zero-order valence-electron chi connectivity index (χ0n) is 10.0. The van der Waals surface area contributed by atoms with E-state index in [1.165, 1.54) is 0 Å². The second-order valence-electron chi connectivity index (χ2n) is 4.22. The summed E-state index contributed by atoms with van der Waals surface area (Å²) in [7, 11) is 0. The second-order valence-corrected chi connectivity index (χ2v) is 4.22. The Balaban J connectivity index is 2.52. The smallest absolute Gasteiger partial charge is 0.193 e. The first kappa shape index (κ1) is 11.4. The molecule has 0 aliphatic heterocycles. The van der Waals surface area contributed by atoms with Crippen LogP contribution in [0.2, 0.25) is 0 Å². The van der Waals surface area contributed by atoms with E-state index < -0.39 is 0 Å². The second kappa shape index (κ2) is 4.42. The van der Waals surface area contributed by atoms with Gasteiger partial charge in [0.1, 0.15) is 0 Å². The van der Waals surface area contributed by atoms with Crippen LogP contribution in [0.15, 0.2) is 42.5 Å². The van der Waals surface area contributed by atoms with Crippen molar-refractivity contribution in [3.05, 3.63) is 64.7 Å². The number of ketones is 1. The predicted molar refractivity (Wildman–Crippen MR) is 70.2 cm³/mol. The first-order valence-corrected chi connectivity index (χ1v) is 5.56. The molecule has 2 rings (SSSR count). The van der Waals surface area contributed by atoms with Gasteiger partial charge in [-0.1, -0.05) is 30.3 Å². The number of hydrogen-bond acceptors (Lipinski definition) is 2. The van der Waals surface area contributed by atoms with Gasteiger partial charge in [-0.2, -0.15) is 0 Å². The van der Waals surface area contributed by atoms with Crippen molar-refractivity contribution in [1.82, 2.24) is 0 Å². The van der Waals surface area contributed by atoms with Crippen LogP contribution in [0, 0.1) is 13.8 Å². The zero-order chi connectivity index (χ0) is 12.4. The molecule has 86 valence electrons. The van der Waals surface area contributed by atoms with Crippen molar-refractivity contribution < 1.29 is 4.79 Å².